The smallest absolute Gasteiger partial charge is 0.120 e. The fraction of sp³-hybridized carbons (Fsp3) is 1.00. The average molecular weight is 197 g/mol. The van der Waals surface area contributed by atoms with Gasteiger partial charge in [-0.3, -0.25) is 5.32 Å². The molecule has 2 heteroatoms. The Labute approximate surface area is 87.4 Å². The molecule has 2 atom stereocenters. The summed E-state index contributed by atoms with van der Waals surface area (Å²) < 4.78 is 6.14. The number of rotatable bonds is 0. The molecular formula is C12H23NO. The van der Waals surface area contributed by atoms with E-state index in [4.69, 9.17) is 4.74 Å². The highest BCUT2D eigenvalue weighted by Crippen LogP contribution is 2.43. The highest BCUT2D eigenvalue weighted by atomic mass is 16.5. The van der Waals surface area contributed by atoms with E-state index < -0.39 is 0 Å². The summed E-state index contributed by atoms with van der Waals surface area (Å²) in [4.78, 5) is 0. The van der Waals surface area contributed by atoms with Gasteiger partial charge in [0, 0.05) is 6.54 Å². The summed E-state index contributed by atoms with van der Waals surface area (Å²) in [5.41, 5.74) is 0.460. The van der Waals surface area contributed by atoms with Crippen LogP contribution in [0.1, 0.15) is 52.9 Å². The van der Waals surface area contributed by atoms with Crippen molar-refractivity contribution < 1.29 is 4.74 Å². The Morgan fingerprint density at radius 3 is 2.71 bits per heavy atom. The van der Waals surface area contributed by atoms with Crippen LogP contribution in [0.3, 0.4) is 0 Å². The normalized spacial score (nSPS) is 42.6. The second-order valence-electron chi connectivity index (χ2n) is 5.83. The highest BCUT2D eigenvalue weighted by Gasteiger charge is 2.43. The van der Waals surface area contributed by atoms with E-state index in [1.165, 1.54) is 25.7 Å². The lowest BCUT2D eigenvalue weighted by Gasteiger charge is -2.49. The van der Waals surface area contributed by atoms with Crippen molar-refractivity contribution in [2.24, 2.45) is 5.41 Å². The van der Waals surface area contributed by atoms with Crippen LogP contribution in [0.15, 0.2) is 0 Å². The topological polar surface area (TPSA) is 21.3 Å². The Hall–Kier alpha value is -0.0800. The Bertz CT molecular complexity index is 210. The predicted molar refractivity (Wildman–Crippen MR) is 58.1 cm³/mol. The van der Waals surface area contributed by atoms with Crippen molar-refractivity contribution in [2.75, 3.05) is 6.54 Å². The van der Waals surface area contributed by atoms with Crippen molar-refractivity contribution in [3.63, 3.8) is 0 Å². The minimum absolute atomic E-state index is 0.0133. The van der Waals surface area contributed by atoms with Gasteiger partial charge in [0.15, 0.2) is 0 Å². The largest absolute Gasteiger partial charge is 0.358 e. The lowest BCUT2D eigenvalue weighted by molar-refractivity contribution is -0.171. The van der Waals surface area contributed by atoms with E-state index in [0.717, 1.165) is 13.0 Å². The maximum Gasteiger partial charge on any atom is 0.120 e. The summed E-state index contributed by atoms with van der Waals surface area (Å²) in [6.45, 7) is 8.04. The quantitative estimate of drug-likeness (QED) is 0.644. The molecule has 1 saturated heterocycles. The summed E-state index contributed by atoms with van der Waals surface area (Å²) in [6.07, 6.45) is 6.60. The molecule has 2 aliphatic rings. The second kappa shape index (κ2) is 3.49. The molecule has 0 radical (unpaired) electrons. The van der Waals surface area contributed by atoms with E-state index in [2.05, 4.69) is 26.1 Å². The van der Waals surface area contributed by atoms with Crippen molar-refractivity contribution in [3.8, 4) is 0 Å². The lowest BCUT2D eigenvalue weighted by Crippen LogP contribution is -2.57. The lowest BCUT2D eigenvalue weighted by atomic mass is 9.72. The fourth-order valence-corrected chi connectivity index (χ4v) is 3.04. The van der Waals surface area contributed by atoms with Crippen molar-refractivity contribution in [1.82, 2.24) is 5.32 Å². The Morgan fingerprint density at radius 2 is 2.07 bits per heavy atom. The number of hydrogen-bond donors (Lipinski definition) is 1. The van der Waals surface area contributed by atoms with Crippen LogP contribution in [0.5, 0.6) is 0 Å². The van der Waals surface area contributed by atoms with E-state index in [-0.39, 0.29) is 5.72 Å². The van der Waals surface area contributed by atoms with Crippen LogP contribution in [-0.2, 0) is 4.74 Å². The molecule has 1 aliphatic heterocycles. The first-order valence-corrected chi connectivity index (χ1v) is 5.94. The van der Waals surface area contributed by atoms with Crippen LogP contribution in [-0.4, -0.2) is 18.4 Å². The van der Waals surface area contributed by atoms with Crippen LogP contribution in [0, 0.1) is 5.41 Å². The molecule has 2 fully saturated rings. The number of hydrogen-bond acceptors (Lipinski definition) is 2. The van der Waals surface area contributed by atoms with Gasteiger partial charge in [-0.1, -0.05) is 13.8 Å². The van der Waals surface area contributed by atoms with Crippen LogP contribution in [0.4, 0.5) is 0 Å². The van der Waals surface area contributed by atoms with E-state index in [1.807, 2.05) is 0 Å². The molecule has 0 amide bonds. The van der Waals surface area contributed by atoms with Gasteiger partial charge >= 0.3 is 0 Å². The molecule has 1 aliphatic carbocycles. The van der Waals surface area contributed by atoms with Gasteiger partial charge in [0.2, 0.25) is 0 Å². The van der Waals surface area contributed by atoms with Gasteiger partial charge in [0.1, 0.15) is 5.72 Å². The predicted octanol–water partition coefficient (Wildman–Crippen LogP) is 2.68. The molecule has 2 unspecified atom stereocenters. The number of nitrogens with one attached hydrogen (secondary N) is 1. The van der Waals surface area contributed by atoms with Crippen molar-refractivity contribution >= 4 is 0 Å². The molecule has 0 bridgehead atoms. The number of ether oxygens (including phenoxy) is 1. The van der Waals surface area contributed by atoms with E-state index in [1.54, 1.807) is 0 Å². The standard InChI is InChI=1S/C12H23NO/c1-10-5-8-13-12(14-10)7-4-6-11(2,3)9-12/h10,13H,4-9H2,1-3H3. The third-order valence-corrected chi connectivity index (χ3v) is 3.62. The van der Waals surface area contributed by atoms with Crippen molar-refractivity contribution in [1.29, 1.82) is 0 Å². The van der Waals surface area contributed by atoms with E-state index in [0.29, 0.717) is 11.5 Å². The minimum Gasteiger partial charge on any atom is -0.358 e. The third kappa shape index (κ3) is 2.12. The second-order valence-corrected chi connectivity index (χ2v) is 5.83. The van der Waals surface area contributed by atoms with Gasteiger partial charge in [-0.15, -0.1) is 0 Å². The van der Waals surface area contributed by atoms with Crippen LogP contribution in [0.2, 0.25) is 0 Å². The summed E-state index contributed by atoms with van der Waals surface area (Å²) in [7, 11) is 0. The summed E-state index contributed by atoms with van der Waals surface area (Å²) >= 11 is 0. The van der Waals surface area contributed by atoms with Crippen molar-refractivity contribution in [3.05, 3.63) is 0 Å². The zero-order valence-electron chi connectivity index (χ0n) is 9.73. The Kier molecular flexibility index (Phi) is 2.61. The third-order valence-electron chi connectivity index (χ3n) is 3.62. The molecule has 2 rings (SSSR count). The zero-order valence-corrected chi connectivity index (χ0v) is 9.73. The Morgan fingerprint density at radius 1 is 1.29 bits per heavy atom. The maximum atomic E-state index is 6.14. The monoisotopic (exact) mass is 197 g/mol. The molecule has 2 nitrogen and oxygen atoms in total. The van der Waals surface area contributed by atoms with Crippen LogP contribution in [0.25, 0.3) is 0 Å². The van der Waals surface area contributed by atoms with Gasteiger partial charge < -0.3 is 4.74 Å². The van der Waals surface area contributed by atoms with Gasteiger partial charge in [-0.25, -0.2) is 0 Å². The molecule has 1 saturated carbocycles. The molecular weight excluding hydrogens is 174 g/mol. The van der Waals surface area contributed by atoms with Crippen LogP contribution < -0.4 is 5.32 Å². The molecule has 1 N–H and O–H groups in total. The molecule has 0 aromatic rings. The molecule has 14 heavy (non-hydrogen) atoms. The van der Waals surface area contributed by atoms with Gasteiger partial charge in [0.25, 0.3) is 0 Å². The zero-order chi connectivity index (χ0) is 10.2. The Balaban J connectivity index is 2.06. The summed E-state index contributed by atoms with van der Waals surface area (Å²) in [5, 5.41) is 3.60. The van der Waals surface area contributed by atoms with Gasteiger partial charge in [-0.2, -0.15) is 0 Å². The van der Waals surface area contributed by atoms with Gasteiger partial charge in [0.05, 0.1) is 6.10 Å². The van der Waals surface area contributed by atoms with Crippen LogP contribution >= 0.6 is 0 Å². The van der Waals surface area contributed by atoms with Gasteiger partial charge in [-0.05, 0) is 44.4 Å². The first-order chi connectivity index (χ1) is 6.52. The summed E-state index contributed by atoms with van der Waals surface area (Å²) in [6, 6.07) is 0. The molecule has 1 spiro atoms. The van der Waals surface area contributed by atoms with E-state index in [9.17, 15) is 0 Å². The van der Waals surface area contributed by atoms with Crippen molar-refractivity contribution in [2.45, 2.75) is 64.7 Å². The molecule has 1 heterocycles. The molecule has 0 aromatic heterocycles. The molecule has 0 aromatic carbocycles. The SMILES string of the molecule is CC1CCNC2(CCCC(C)(C)C2)O1. The molecule has 82 valence electrons. The summed E-state index contributed by atoms with van der Waals surface area (Å²) in [5.74, 6) is 0. The fourth-order valence-electron chi connectivity index (χ4n) is 3.04. The minimum atomic E-state index is 0.0133. The maximum absolute atomic E-state index is 6.14. The average Bonchev–Trinajstić information content (AvgIpc) is 2.00. The first-order valence-electron chi connectivity index (χ1n) is 5.94. The first kappa shape index (κ1) is 10.4. The highest BCUT2D eigenvalue weighted by molar-refractivity contribution is 4.92. The van der Waals surface area contributed by atoms with E-state index >= 15 is 0 Å².